The van der Waals surface area contributed by atoms with Crippen LogP contribution < -0.4 is 5.32 Å². The van der Waals surface area contributed by atoms with Crippen molar-refractivity contribution in [2.75, 3.05) is 5.32 Å². The summed E-state index contributed by atoms with van der Waals surface area (Å²) < 4.78 is 13.8. The number of aryl methyl sites for hydroxylation is 1. The van der Waals surface area contributed by atoms with E-state index in [1.807, 2.05) is 6.92 Å². The largest absolute Gasteiger partial charge is 0.378 e. The molecular formula is C13H13BrFNS. The molecule has 0 aliphatic heterocycles. The van der Waals surface area contributed by atoms with Gasteiger partial charge in [-0.2, -0.15) is 11.3 Å². The fourth-order valence-corrected chi connectivity index (χ4v) is 2.74. The van der Waals surface area contributed by atoms with Gasteiger partial charge in [0.05, 0.1) is 4.47 Å². The smallest absolute Gasteiger partial charge is 0.137 e. The number of thiophene rings is 1. The van der Waals surface area contributed by atoms with Gasteiger partial charge < -0.3 is 5.32 Å². The average molecular weight is 314 g/mol. The first kappa shape index (κ1) is 12.6. The molecule has 1 N–H and O–H groups in total. The van der Waals surface area contributed by atoms with E-state index in [0.717, 1.165) is 11.3 Å². The van der Waals surface area contributed by atoms with Gasteiger partial charge in [0.1, 0.15) is 5.82 Å². The van der Waals surface area contributed by atoms with Crippen LogP contribution in [0.5, 0.6) is 0 Å². The molecule has 4 heteroatoms. The Kier molecular flexibility index (Phi) is 3.84. The molecule has 1 aromatic carbocycles. The topological polar surface area (TPSA) is 12.0 Å². The summed E-state index contributed by atoms with van der Waals surface area (Å²) in [5, 5.41) is 7.56. The zero-order valence-electron chi connectivity index (χ0n) is 9.63. The van der Waals surface area contributed by atoms with Gasteiger partial charge in [-0.3, -0.25) is 0 Å². The second-order valence-electron chi connectivity index (χ2n) is 4.00. The van der Waals surface area contributed by atoms with Crippen LogP contribution in [0.1, 0.15) is 24.1 Å². The molecule has 1 aromatic heterocycles. The van der Waals surface area contributed by atoms with Crippen molar-refractivity contribution < 1.29 is 4.39 Å². The molecular weight excluding hydrogens is 301 g/mol. The summed E-state index contributed by atoms with van der Waals surface area (Å²) in [6.07, 6.45) is 0. The van der Waals surface area contributed by atoms with E-state index in [9.17, 15) is 4.39 Å². The van der Waals surface area contributed by atoms with Crippen molar-refractivity contribution in [3.05, 3.63) is 50.4 Å². The molecule has 0 radical (unpaired) electrons. The lowest BCUT2D eigenvalue weighted by molar-refractivity contribution is 0.620. The molecule has 17 heavy (non-hydrogen) atoms. The van der Waals surface area contributed by atoms with Gasteiger partial charge >= 0.3 is 0 Å². The lowest BCUT2D eigenvalue weighted by atomic mass is 10.1. The number of anilines is 1. The fourth-order valence-electron chi connectivity index (χ4n) is 1.64. The maximum atomic E-state index is 13.3. The molecule has 2 rings (SSSR count). The molecule has 0 bridgehead atoms. The van der Waals surface area contributed by atoms with Crippen LogP contribution in [0.4, 0.5) is 10.1 Å². The molecule has 1 atom stereocenters. The predicted molar refractivity (Wildman–Crippen MR) is 75.2 cm³/mol. The van der Waals surface area contributed by atoms with Gasteiger partial charge in [-0.05, 0) is 69.9 Å². The van der Waals surface area contributed by atoms with Crippen molar-refractivity contribution >= 4 is 33.0 Å². The zero-order chi connectivity index (χ0) is 12.4. The lowest BCUT2D eigenvalue weighted by Gasteiger charge is -2.16. The monoisotopic (exact) mass is 313 g/mol. The van der Waals surface area contributed by atoms with Crippen molar-refractivity contribution in [3.63, 3.8) is 0 Å². The molecule has 0 aliphatic rings. The Hall–Kier alpha value is -0.870. The number of hydrogen-bond acceptors (Lipinski definition) is 2. The molecule has 0 saturated carbocycles. The molecule has 1 heterocycles. The van der Waals surface area contributed by atoms with Crippen molar-refractivity contribution in [2.24, 2.45) is 0 Å². The van der Waals surface area contributed by atoms with Crippen molar-refractivity contribution in [1.29, 1.82) is 0 Å². The Morgan fingerprint density at radius 3 is 2.82 bits per heavy atom. The third-order valence-corrected chi connectivity index (χ3v) is 3.99. The van der Waals surface area contributed by atoms with E-state index in [4.69, 9.17) is 0 Å². The summed E-state index contributed by atoms with van der Waals surface area (Å²) in [7, 11) is 0. The maximum absolute atomic E-state index is 13.3. The van der Waals surface area contributed by atoms with Crippen LogP contribution in [0.3, 0.4) is 0 Å². The molecule has 2 aromatic rings. The summed E-state index contributed by atoms with van der Waals surface area (Å²) in [5.74, 6) is -0.226. The minimum atomic E-state index is -0.226. The average Bonchev–Trinajstić information content (AvgIpc) is 2.79. The minimum absolute atomic E-state index is 0.220. The Balaban J connectivity index is 2.22. The Bertz CT molecular complexity index is 510. The van der Waals surface area contributed by atoms with E-state index in [2.05, 4.69) is 45.0 Å². The second kappa shape index (κ2) is 5.19. The van der Waals surface area contributed by atoms with Crippen molar-refractivity contribution in [1.82, 2.24) is 0 Å². The summed E-state index contributed by atoms with van der Waals surface area (Å²) in [5.41, 5.74) is 3.11. The lowest BCUT2D eigenvalue weighted by Crippen LogP contribution is -2.07. The van der Waals surface area contributed by atoms with Crippen LogP contribution in [0.15, 0.2) is 33.4 Å². The standard InChI is InChI=1S/C13H13BrFNS/c1-8-5-12(15)11(14)6-13(8)16-9(2)10-3-4-17-7-10/h3-7,9,16H,1-2H3. The third kappa shape index (κ3) is 2.87. The van der Waals surface area contributed by atoms with Crippen LogP contribution in [0.2, 0.25) is 0 Å². The first-order valence-electron chi connectivity index (χ1n) is 5.32. The highest BCUT2D eigenvalue weighted by Gasteiger charge is 2.09. The molecule has 0 spiro atoms. The number of rotatable bonds is 3. The van der Waals surface area contributed by atoms with Gasteiger partial charge in [0, 0.05) is 11.7 Å². The summed E-state index contributed by atoms with van der Waals surface area (Å²) in [6.45, 7) is 4.00. The van der Waals surface area contributed by atoms with Gasteiger partial charge in [-0.15, -0.1) is 0 Å². The van der Waals surface area contributed by atoms with Crippen LogP contribution in [0, 0.1) is 12.7 Å². The van der Waals surface area contributed by atoms with E-state index >= 15 is 0 Å². The first-order chi connectivity index (χ1) is 8.08. The Labute approximate surface area is 113 Å². The minimum Gasteiger partial charge on any atom is -0.378 e. The normalized spacial score (nSPS) is 12.5. The van der Waals surface area contributed by atoms with E-state index in [1.54, 1.807) is 17.4 Å². The van der Waals surface area contributed by atoms with Gasteiger partial charge in [0.25, 0.3) is 0 Å². The van der Waals surface area contributed by atoms with E-state index < -0.39 is 0 Å². The Morgan fingerprint density at radius 2 is 2.18 bits per heavy atom. The predicted octanol–water partition coefficient (Wildman–Crippen LogP) is 5.13. The number of benzene rings is 1. The number of nitrogens with one attached hydrogen (secondary N) is 1. The fraction of sp³-hybridized carbons (Fsp3) is 0.231. The highest BCUT2D eigenvalue weighted by Crippen LogP contribution is 2.28. The van der Waals surface area contributed by atoms with Gasteiger partial charge in [0.2, 0.25) is 0 Å². The number of hydrogen-bond donors (Lipinski definition) is 1. The third-order valence-electron chi connectivity index (χ3n) is 2.68. The van der Waals surface area contributed by atoms with Crippen molar-refractivity contribution in [3.8, 4) is 0 Å². The highest BCUT2D eigenvalue weighted by atomic mass is 79.9. The Morgan fingerprint density at radius 1 is 1.41 bits per heavy atom. The van der Waals surface area contributed by atoms with Gasteiger partial charge in [-0.1, -0.05) is 0 Å². The summed E-state index contributed by atoms with van der Waals surface area (Å²) in [6, 6.07) is 5.63. The molecule has 1 unspecified atom stereocenters. The SMILES string of the molecule is Cc1cc(F)c(Br)cc1NC(C)c1ccsc1. The first-order valence-corrected chi connectivity index (χ1v) is 7.06. The van der Waals surface area contributed by atoms with Crippen LogP contribution in [0.25, 0.3) is 0 Å². The zero-order valence-corrected chi connectivity index (χ0v) is 12.0. The van der Waals surface area contributed by atoms with Gasteiger partial charge in [0.15, 0.2) is 0 Å². The van der Waals surface area contributed by atoms with Crippen LogP contribution in [-0.2, 0) is 0 Å². The molecule has 0 fully saturated rings. The highest BCUT2D eigenvalue weighted by molar-refractivity contribution is 9.10. The molecule has 0 amide bonds. The van der Waals surface area contributed by atoms with Crippen molar-refractivity contribution in [2.45, 2.75) is 19.9 Å². The molecule has 90 valence electrons. The quantitative estimate of drug-likeness (QED) is 0.828. The maximum Gasteiger partial charge on any atom is 0.137 e. The van der Waals surface area contributed by atoms with E-state index in [1.165, 1.54) is 11.6 Å². The van der Waals surface area contributed by atoms with E-state index in [0.29, 0.717) is 4.47 Å². The summed E-state index contributed by atoms with van der Waals surface area (Å²) in [4.78, 5) is 0. The van der Waals surface area contributed by atoms with Gasteiger partial charge in [-0.25, -0.2) is 4.39 Å². The molecule has 0 saturated heterocycles. The van der Waals surface area contributed by atoms with E-state index in [-0.39, 0.29) is 11.9 Å². The molecule has 0 aliphatic carbocycles. The second-order valence-corrected chi connectivity index (χ2v) is 5.64. The molecule has 1 nitrogen and oxygen atoms in total. The van der Waals surface area contributed by atoms with Crippen LogP contribution >= 0.6 is 27.3 Å². The van der Waals surface area contributed by atoms with Crippen LogP contribution in [-0.4, -0.2) is 0 Å². The number of halogens is 2. The summed E-state index contributed by atoms with van der Waals surface area (Å²) >= 11 is 4.88.